The molecule has 0 saturated heterocycles. The number of hydrogen-bond donors (Lipinski definition) is 1. The van der Waals surface area contributed by atoms with Crippen LogP contribution in [-0.2, 0) is 9.59 Å². The maximum absolute atomic E-state index is 11.8. The second-order valence-corrected chi connectivity index (χ2v) is 5.70. The summed E-state index contributed by atoms with van der Waals surface area (Å²) in [6.45, 7) is 1.48. The van der Waals surface area contributed by atoms with Gasteiger partial charge in [0.15, 0.2) is 6.61 Å². The third kappa shape index (κ3) is 5.02. The monoisotopic (exact) mass is 363 g/mol. The maximum atomic E-state index is 11.8. The zero-order valence-corrected chi connectivity index (χ0v) is 13.4. The highest BCUT2D eigenvalue weighted by Gasteiger charge is 2.18. The van der Waals surface area contributed by atoms with Gasteiger partial charge in [-0.1, -0.05) is 34.5 Å². The first-order valence-electron chi connectivity index (χ1n) is 5.86. The van der Waals surface area contributed by atoms with E-state index in [1.54, 1.807) is 25.1 Å². The molecule has 1 N–H and O–H groups in total. The Hall–Kier alpha value is -1.27. The molecular formula is C13H15BrClNO4. The standard InChI is InChI=1S/C13H15BrClNO4/c1-8(13(18)19)6-16(2)12(17)7-20-11-4-3-9(14)5-10(11)15/h3-5,8H,6-7H2,1-2H3,(H,18,19). The molecule has 0 bridgehead atoms. The van der Waals surface area contributed by atoms with Gasteiger partial charge in [-0.05, 0) is 18.2 Å². The highest BCUT2D eigenvalue weighted by Crippen LogP contribution is 2.27. The second-order valence-electron chi connectivity index (χ2n) is 4.38. The van der Waals surface area contributed by atoms with Gasteiger partial charge in [0.1, 0.15) is 5.75 Å². The molecule has 1 rings (SSSR count). The van der Waals surface area contributed by atoms with E-state index in [-0.39, 0.29) is 19.1 Å². The van der Waals surface area contributed by atoms with Crippen molar-refractivity contribution in [2.45, 2.75) is 6.92 Å². The molecule has 0 aromatic heterocycles. The summed E-state index contributed by atoms with van der Waals surface area (Å²) in [5.41, 5.74) is 0. The van der Waals surface area contributed by atoms with Crippen LogP contribution in [0.25, 0.3) is 0 Å². The molecule has 0 aliphatic rings. The Labute approximate surface area is 130 Å². The van der Waals surface area contributed by atoms with Crippen molar-refractivity contribution in [2.24, 2.45) is 5.92 Å². The number of carboxylic acids is 1. The normalized spacial score (nSPS) is 11.8. The molecule has 0 heterocycles. The first-order valence-corrected chi connectivity index (χ1v) is 7.03. The number of hydrogen-bond acceptors (Lipinski definition) is 3. The lowest BCUT2D eigenvalue weighted by Gasteiger charge is -2.19. The summed E-state index contributed by atoms with van der Waals surface area (Å²) in [5, 5.41) is 9.19. The zero-order valence-electron chi connectivity index (χ0n) is 11.1. The number of ether oxygens (including phenoxy) is 1. The summed E-state index contributed by atoms with van der Waals surface area (Å²) in [5.74, 6) is -1.47. The third-order valence-electron chi connectivity index (χ3n) is 2.64. The van der Waals surface area contributed by atoms with Crippen LogP contribution in [0.5, 0.6) is 5.75 Å². The van der Waals surface area contributed by atoms with E-state index in [1.165, 1.54) is 11.9 Å². The Kier molecular flexibility index (Phi) is 6.29. The molecule has 1 amide bonds. The number of benzene rings is 1. The summed E-state index contributed by atoms with van der Waals surface area (Å²) in [6, 6.07) is 5.07. The van der Waals surface area contributed by atoms with E-state index in [9.17, 15) is 9.59 Å². The zero-order chi connectivity index (χ0) is 15.3. The van der Waals surface area contributed by atoms with Gasteiger partial charge in [-0.15, -0.1) is 0 Å². The van der Waals surface area contributed by atoms with Crippen LogP contribution in [0.15, 0.2) is 22.7 Å². The highest BCUT2D eigenvalue weighted by molar-refractivity contribution is 9.10. The van der Waals surface area contributed by atoms with Crippen LogP contribution in [0, 0.1) is 5.92 Å². The predicted octanol–water partition coefficient (Wildman–Crippen LogP) is 2.66. The Morgan fingerprint density at radius 1 is 1.50 bits per heavy atom. The number of carboxylic acid groups (broad SMARTS) is 1. The Balaban J connectivity index is 2.52. The molecule has 1 aromatic carbocycles. The van der Waals surface area contributed by atoms with E-state index < -0.39 is 11.9 Å². The van der Waals surface area contributed by atoms with Crippen molar-refractivity contribution in [3.05, 3.63) is 27.7 Å². The number of rotatable bonds is 6. The average Bonchev–Trinajstić information content (AvgIpc) is 2.37. The van der Waals surface area contributed by atoms with E-state index in [2.05, 4.69) is 15.9 Å². The number of carbonyl (C=O) groups is 2. The summed E-state index contributed by atoms with van der Waals surface area (Å²) in [7, 11) is 1.54. The van der Waals surface area contributed by atoms with Crippen LogP contribution in [0.2, 0.25) is 5.02 Å². The van der Waals surface area contributed by atoms with E-state index in [4.69, 9.17) is 21.4 Å². The van der Waals surface area contributed by atoms with Gasteiger partial charge < -0.3 is 14.7 Å². The minimum atomic E-state index is -0.943. The fourth-order valence-corrected chi connectivity index (χ4v) is 2.16. The molecule has 110 valence electrons. The van der Waals surface area contributed by atoms with Gasteiger partial charge in [0.05, 0.1) is 10.9 Å². The van der Waals surface area contributed by atoms with Crippen LogP contribution in [-0.4, -0.2) is 42.1 Å². The topological polar surface area (TPSA) is 66.8 Å². The highest BCUT2D eigenvalue weighted by atomic mass is 79.9. The maximum Gasteiger partial charge on any atom is 0.308 e. The molecule has 0 radical (unpaired) electrons. The van der Waals surface area contributed by atoms with Crippen molar-refractivity contribution in [1.82, 2.24) is 4.90 Å². The van der Waals surface area contributed by atoms with E-state index in [0.717, 1.165) is 4.47 Å². The fourth-order valence-electron chi connectivity index (χ4n) is 1.43. The Morgan fingerprint density at radius 2 is 2.15 bits per heavy atom. The predicted molar refractivity (Wildman–Crippen MR) is 79.1 cm³/mol. The number of aliphatic carboxylic acids is 1. The first kappa shape index (κ1) is 16.8. The molecule has 1 aromatic rings. The third-order valence-corrected chi connectivity index (χ3v) is 3.43. The van der Waals surface area contributed by atoms with Gasteiger partial charge in [-0.25, -0.2) is 0 Å². The fraction of sp³-hybridized carbons (Fsp3) is 0.385. The Morgan fingerprint density at radius 3 is 2.70 bits per heavy atom. The number of amides is 1. The smallest absolute Gasteiger partial charge is 0.308 e. The number of halogens is 2. The number of likely N-dealkylation sites (N-methyl/N-ethyl adjacent to an activating group) is 1. The number of nitrogens with zero attached hydrogens (tertiary/aromatic N) is 1. The molecule has 0 spiro atoms. The molecule has 0 fully saturated rings. The minimum Gasteiger partial charge on any atom is -0.482 e. The summed E-state index contributed by atoms with van der Waals surface area (Å²) in [6.07, 6.45) is 0. The van der Waals surface area contributed by atoms with Crippen molar-refractivity contribution >= 4 is 39.4 Å². The van der Waals surface area contributed by atoms with Gasteiger partial charge in [0.25, 0.3) is 5.91 Å². The van der Waals surface area contributed by atoms with Crippen molar-refractivity contribution in [3.63, 3.8) is 0 Å². The lowest BCUT2D eigenvalue weighted by Crippen LogP contribution is -2.36. The van der Waals surface area contributed by atoms with Crippen molar-refractivity contribution < 1.29 is 19.4 Å². The lowest BCUT2D eigenvalue weighted by atomic mass is 10.2. The van der Waals surface area contributed by atoms with Crippen molar-refractivity contribution in [2.75, 3.05) is 20.2 Å². The lowest BCUT2D eigenvalue weighted by molar-refractivity contribution is -0.143. The molecule has 0 aliphatic carbocycles. The average molecular weight is 365 g/mol. The SMILES string of the molecule is CC(CN(C)C(=O)COc1ccc(Br)cc1Cl)C(=O)O. The molecule has 5 nitrogen and oxygen atoms in total. The summed E-state index contributed by atoms with van der Waals surface area (Å²) < 4.78 is 6.14. The largest absolute Gasteiger partial charge is 0.482 e. The van der Waals surface area contributed by atoms with Crippen molar-refractivity contribution in [3.8, 4) is 5.75 Å². The molecule has 0 saturated carbocycles. The van der Waals surface area contributed by atoms with Crippen molar-refractivity contribution in [1.29, 1.82) is 0 Å². The van der Waals surface area contributed by atoms with Crippen LogP contribution in [0.1, 0.15) is 6.92 Å². The summed E-state index contributed by atoms with van der Waals surface area (Å²) >= 11 is 9.23. The van der Waals surface area contributed by atoms with E-state index in [1.807, 2.05) is 0 Å². The van der Waals surface area contributed by atoms with Crippen LogP contribution >= 0.6 is 27.5 Å². The van der Waals surface area contributed by atoms with Crippen LogP contribution in [0.4, 0.5) is 0 Å². The van der Waals surface area contributed by atoms with Gasteiger partial charge >= 0.3 is 5.97 Å². The molecule has 1 atom stereocenters. The molecular weight excluding hydrogens is 350 g/mol. The van der Waals surface area contributed by atoms with Gasteiger partial charge in [0.2, 0.25) is 0 Å². The second kappa shape index (κ2) is 7.50. The van der Waals surface area contributed by atoms with E-state index in [0.29, 0.717) is 10.8 Å². The number of carbonyl (C=O) groups excluding carboxylic acids is 1. The Bertz CT molecular complexity index is 509. The quantitative estimate of drug-likeness (QED) is 0.843. The summed E-state index contributed by atoms with van der Waals surface area (Å²) in [4.78, 5) is 23.9. The molecule has 20 heavy (non-hydrogen) atoms. The van der Waals surface area contributed by atoms with Gasteiger partial charge in [0, 0.05) is 18.1 Å². The molecule has 0 aliphatic heterocycles. The minimum absolute atomic E-state index is 0.131. The van der Waals surface area contributed by atoms with Gasteiger partial charge in [-0.3, -0.25) is 9.59 Å². The van der Waals surface area contributed by atoms with Crippen LogP contribution in [0.3, 0.4) is 0 Å². The van der Waals surface area contributed by atoms with E-state index >= 15 is 0 Å². The van der Waals surface area contributed by atoms with Crippen LogP contribution < -0.4 is 4.74 Å². The van der Waals surface area contributed by atoms with Gasteiger partial charge in [-0.2, -0.15) is 0 Å². The molecule has 7 heteroatoms. The molecule has 1 unspecified atom stereocenters. The first-order chi connectivity index (χ1) is 9.31.